The highest BCUT2D eigenvalue weighted by Crippen LogP contribution is 2.37. The van der Waals surface area contributed by atoms with E-state index in [9.17, 15) is 30.7 Å². The van der Waals surface area contributed by atoms with E-state index in [1.54, 1.807) is 4.90 Å². The molecule has 0 aromatic heterocycles. The molecule has 1 saturated heterocycles. The van der Waals surface area contributed by atoms with Crippen molar-refractivity contribution in [3.8, 4) is 5.75 Å². The van der Waals surface area contributed by atoms with Crippen LogP contribution in [0.4, 0.5) is 30.7 Å². The van der Waals surface area contributed by atoms with Gasteiger partial charge in [-0.1, -0.05) is 12.1 Å². The molecular formula is C19H17F7N2O. The lowest BCUT2D eigenvalue weighted by Crippen LogP contribution is -2.45. The van der Waals surface area contributed by atoms with Gasteiger partial charge in [-0.25, -0.2) is 4.39 Å². The van der Waals surface area contributed by atoms with Gasteiger partial charge in [-0.15, -0.1) is 13.2 Å². The minimum absolute atomic E-state index is 0.189. The van der Waals surface area contributed by atoms with Crippen molar-refractivity contribution in [3.63, 3.8) is 0 Å². The van der Waals surface area contributed by atoms with E-state index in [0.717, 1.165) is 24.3 Å². The van der Waals surface area contributed by atoms with Crippen LogP contribution in [0.5, 0.6) is 5.75 Å². The third-order valence-corrected chi connectivity index (χ3v) is 4.56. The van der Waals surface area contributed by atoms with Gasteiger partial charge in [-0.3, -0.25) is 4.90 Å². The Morgan fingerprint density at radius 2 is 1.52 bits per heavy atom. The number of nitrogens with one attached hydrogen (secondary N) is 1. The first-order valence-electron chi connectivity index (χ1n) is 8.72. The molecule has 1 N–H and O–H groups in total. The Labute approximate surface area is 162 Å². The zero-order chi connectivity index (χ0) is 21.2. The quantitative estimate of drug-likeness (QED) is 0.721. The Morgan fingerprint density at radius 1 is 0.897 bits per heavy atom. The number of alkyl halides is 6. The van der Waals surface area contributed by atoms with Gasteiger partial charge in [-0.2, -0.15) is 13.2 Å². The molecule has 0 spiro atoms. The highest BCUT2D eigenvalue weighted by molar-refractivity contribution is 5.39. The molecule has 3 rings (SSSR count). The molecule has 1 aliphatic rings. The molecule has 10 heteroatoms. The molecule has 1 atom stereocenters. The second-order valence-corrected chi connectivity index (χ2v) is 6.54. The standard InChI is InChI=1S/C19H17F7N2O/c20-16-6-3-13(18(21,22)23)11-15(16)17(28-9-7-27-8-10-28)12-1-4-14(5-2-12)29-19(24,25)26/h1-6,11,17,27H,7-10H2/t17-/m0/s1. The lowest BCUT2D eigenvalue weighted by molar-refractivity contribution is -0.274. The Kier molecular flexibility index (Phi) is 6.04. The minimum Gasteiger partial charge on any atom is -0.406 e. The van der Waals surface area contributed by atoms with Crippen molar-refractivity contribution in [2.24, 2.45) is 0 Å². The van der Waals surface area contributed by atoms with E-state index < -0.39 is 35.7 Å². The van der Waals surface area contributed by atoms with Crippen molar-refractivity contribution in [1.29, 1.82) is 0 Å². The maximum atomic E-state index is 14.6. The summed E-state index contributed by atoms with van der Waals surface area (Å²) < 4.78 is 95.0. The van der Waals surface area contributed by atoms with Crippen molar-refractivity contribution in [1.82, 2.24) is 10.2 Å². The summed E-state index contributed by atoms with van der Waals surface area (Å²) in [5, 5.41) is 3.10. The minimum atomic E-state index is -4.87. The summed E-state index contributed by atoms with van der Waals surface area (Å²) in [4.78, 5) is 1.79. The Hall–Kier alpha value is -2.33. The van der Waals surface area contributed by atoms with Crippen molar-refractivity contribution in [2.75, 3.05) is 26.2 Å². The number of rotatable bonds is 4. The second kappa shape index (κ2) is 8.19. The summed E-state index contributed by atoms with van der Waals surface area (Å²) >= 11 is 0. The first kappa shape index (κ1) is 21.4. The van der Waals surface area contributed by atoms with Gasteiger partial charge in [0.2, 0.25) is 0 Å². The van der Waals surface area contributed by atoms with Crippen LogP contribution < -0.4 is 10.1 Å². The van der Waals surface area contributed by atoms with Crippen molar-refractivity contribution < 1.29 is 35.5 Å². The van der Waals surface area contributed by atoms with Crippen LogP contribution in [-0.2, 0) is 6.18 Å². The van der Waals surface area contributed by atoms with E-state index in [2.05, 4.69) is 10.1 Å². The van der Waals surface area contributed by atoms with Gasteiger partial charge in [0, 0.05) is 31.7 Å². The Balaban J connectivity index is 2.02. The number of halogens is 7. The number of benzene rings is 2. The average Bonchev–Trinajstić information content (AvgIpc) is 2.63. The second-order valence-electron chi connectivity index (χ2n) is 6.54. The molecule has 1 fully saturated rings. The van der Waals surface area contributed by atoms with Gasteiger partial charge in [0.25, 0.3) is 0 Å². The van der Waals surface area contributed by atoms with Gasteiger partial charge in [0.1, 0.15) is 11.6 Å². The van der Waals surface area contributed by atoms with Crippen LogP contribution in [0.2, 0.25) is 0 Å². The van der Waals surface area contributed by atoms with Gasteiger partial charge < -0.3 is 10.1 Å². The lowest BCUT2D eigenvalue weighted by Gasteiger charge is -2.36. The predicted octanol–water partition coefficient (Wildman–Crippen LogP) is 4.74. The SMILES string of the molecule is Fc1ccc(C(F)(F)F)cc1[C@H](c1ccc(OC(F)(F)F)cc1)N1CCNCC1. The third kappa shape index (κ3) is 5.39. The fraction of sp³-hybridized carbons (Fsp3) is 0.368. The normalized spacial score (nSPS) is 17.2. The molecule has 0 saturated carbocycles. The van der Waals surface area contributed by atoms with Crippen molar-refractivity contribution >= 4 is 0 Å². The fourth-order valence-corrected chi connectivity index (χ4v) is 3.31. The van der Waals surface area contributed by atoms with Crippen LogP contribution in [0.15, 0.2) is 42.5 Å². The molecule has 0 unspecified atom stereocenters. The number of hydrogen-bond donors (Lipinski definition) is 1. The average molecular weight is 422 g/mol. The summed E-state index contributed by atoms with van der Waals surface area (Å²) in [7, 11) is 0. The maximum absolute atomic E-state index is 14.6. The largest absolute Gasteiger partial charge is 0.573 e. The van der Waals surface area contributed by atoms with E-state index in [4.69, 9.17) is 0 Å². The van der Waals surface area contributed by atoms with Crippen LogP contribution in [0.3, 0.4) is 0 Å². The zero-order valence-corrected chi connectivity index (χ0v) is 14.9. The summed E-state index contributed by atoms with van der Waals surface area (Å²) in [5.74, 6) is -1.29. The van der Waals surface area contributed by atoms with E-state index in [1.807, 2.05) is 0 Å². The molecule has 0 aliphatic carbocycles. The molecule has 158 valence electrons. The van der Waals surface area contributed by atoms with Gasteiger partial charge in [-0.05, 0) is 35.9 Å². The van der Waals surface area contributed by atoms with E-state index in [1.165, 1.54) is 12.1 Å². The van der Waals surface area contributed by atoms with Crippen LogP contribution in [-0.4, -0.2) is 37.4 Å². The molecule has 0 amide bonds. The van der Waals surface area contributed by atoms with Crippen molar-refractivity contribution in [2.45, 2.75) is 18.6 Å². The van der Waals surface area contributed by atoms with E-state index in [0.29, 0.717) is 37.8 Å². The first-order chi connectivity index (χ1) is 13.5. The van der Waals surface area contributed by atoms with Crippen LogP contribution in [0.1, 0.15) is 22.7 Å². The van der Waals surface area contributed by atoms with Crippen molar-refractivity contribution in [3.05, 3.63) is 65.0 Å². The molecule has 3 nitrogen and oxygen atoms in total. The number of nitrogens with zero attached hydrogens (tertiary/aromatic N) is 1. The summed E-state index contributed by atoms with van der Waals surface area (Å²) in [6.07, 6.45) is -9.52. The first-order valence-corrected chi connectivity index (χ1v) is 8.72. The molecule has 0 bridgehead atoms. The fourth-order valence-electron chi connectivity index (χ4n) is 3.31. The summed E-state index contributed by atoms with van der Waals surface area (Å²) in [5.41, 5.74) is -0.822. The number of ether oxygens (including phenoxy) is 1. The summed E-state index contributed by atoms with van der Waals surface area (Å²) in [6.45, 7) is 1.96. The monoisotopic (exact) mass is 422 g/mol. The molecule has 2 aromatic rings. The van der Waals surface area contributed by atoms with E-state index >= 15 is 0 Å². The Morgan fingerprint density at radius 3 is 2.07 bits per heavy atom. The molecular weight excluding hydrogens is 405 g/mol. The van der Waals surface area contributed by atoms with Crippen LogP contribution in [0, 0.1) is 5.82 Å². The molecule has 1 heterocycles. The highest BCUT2D eigenvalue weighted by atomic mass is 19.4. The zero-order valence-electron chi connectivity index (χ0n) is 14.9. The number of piperazine rings is 1. The molecule has 1 aliphatic heterocycles. The highest BCUT2D eigenvalue weighted by Gasteiger charge is 2.34. The summed E-state index contributed by atoms with van der Waals surface area (Å²) in [6, 6.07) is 6.00. The number of hydrogen-bond acceptors (Lipinski definition) is 3. The van der Waals surface area contributed by atoms with E-state index in [-0.39, 0.29) is 5.56 Å². The Bertz CT molecular complexity index is 828. The topological polar surface area (TPSA) is 24.5 Å². The lowest BCUT2D eigenvalue weighted by atomic mass is 9.94. The molecule has 0 radical (unpaired) electrons. The van der Waals surface area contributed by atoms with Gasteiger partial charge in [0.05, 0.1) is 11.6 Å². The third-order valence-electron chi connectivity index (χ3n) is 4.56. The predicted molar refractivity (Wildman–Crippen MR) is 90.8 cm³/mol. The van der Waals surface area contributed by atoms with Gasteiger partial charge >= 0.3 is 12.5 Å². The smallest absolute Gasteiger partial charge is 0.406 e. The van der Waals surface area contributed by atoms with Crippen LogP contribution in [0.25, 0.3) is 0 Å². The van der Waals surface area contributed by atoms with Gasteiger partial charge in [0.15, 0.2) is 0 Å². The molecule has 29 heavy (non-hydrogen) atoms. The molecule has 2 aromatic carbocycles. The maximum Gasteiger partial charge on any atom is 0.573 e. The van der Waals surface area contributed by atoms with Crippen LogP contribution >= 0.6 is 0 Å².